The summed E-state index contributed by atoms with van der Waals surface area (Å²) in [5.41, 5.74) is 6.73. The second kappa shape index (κ2) is 9.06. The van der Waals surface area contributed by atoms with Crippen LogP contribution in [0, 0.1) is 22.7 Å². The number of hydrogen-bond acceptors (Lipinski definition) is 4. The minimum absolute atomic E-state index is 0.0958. The van der Waals surface area contributed by atoms with E-state index >= 15 is 0 Å². The van der Waals surface area contributed by atoms with Crippen molar-refractivity contribution in [3.05, 3.63) is 45.1 Å². The van der Waals surface area contributed by atoms with Gasteiger partial charge in [-0.1, -0.05) is 28.9 Å². The molecular formula is C19H21BrF3N5O2. The monoisotopic (exact) mass is 487 g/mol. The molecule has 1 aromatic carbocycles. The van der Waals surface area contributed by atoms with Crippen LogP contribution in [-0.2, 0) is 4.79 Å². The average Bonchev–Trinajstić information content (AvgIpc) is 2.66. The number of hydrogen-bond donors (Lipinski definition) is 3. The Bertz CT molecular complexity index is 926. The molecule has 2 rings (SSSR count). The molecule has 2 atom stereocenters. The summed E-state index contributed by atoms with van der Waals surface area (Å²) in [5.74, 6) is -3.06. The average molecular weight is 488 g/mol. The zero-order chi connectivity index (χ0) is 22.8. The van der Waals surface area contributed by atoms with Gasteiger partial charge in [-0.05, 0) is 31.0 Å². The first-order valence-corrected chi connectivity index (χ1v) is 9.76. The maximum absolute atomic E-state index is 12.9. The highest BCUT2D eigenvalue weighted by atomic mass is 79.9. The topological polar surface area (TPSA) is 117 Å². The molecule has 1 aliphatic rings. The summed E-state index contributed by atoms with van der Waals surface area (Å²) < 4.78 is 39.2. The molecule has 1 aliphatic heterocycles. The fourth-order valence-electron chi connectivity index (χ4n) is 3.30. The van der Waals surface area contributed by atoms with E-state index in [1.165, 1.54) is 28.9 Å². The predicted octanol–water partition coefficient (Wildman–Crippen LogP) is 3.78. The van der Waals surface area contributed by atoms with Crippen molar-refractivity contribution in [2.45, 2.75) is 32.5 Å². The van der Waals surface area contributed by atoms with Gasteiger partial charge in [0.2, 0.25) is 0 Å². The van der Waals surface area contributed by atoms with E-state index in [0.29, 0.717) is 15.6 Å². The fourth-order valence-corrected chi connectivity index (χ4v) is 3.90. The van der Waals surface area contributed by atoms with Crippen molar-refractivity contribution in [2.75, 3.05) is 13.2 Å². The summed E-state index contributed by atoms with van der Waals surface area (Å²) in [6.45, 7) is 2.10. The minimum atomic E-state index is -4.38. The molecule has 0 aromatic heterocycles. The number of nitrogens with one attached hydrogen (secondary N) is 1. The number of carboxylic acid groups (broad SMARTS) is 1. The first-order valence-electron chi connectivity index (χ1n) is 8.97. The normalized spacial score (nSPS) is 18.5. The van der Waals surface area contributed by atoms with Gasteiger partial charge in [-0.15, -0.1) is 0 Å². The zero-order valence-corrected chi connectivity index (χ0v) is 17.9. The molecule has 162 valence electrons. The van der Waals surface area contributed by atoms with E-state index in [2.05, 4.69) is 15.9 Å². The number of rotatable bonds is 6. The highest BCUT2D eigenvalue weighted by molar-refractivity contribution is 9.10. The third kappa shape index (κ3) is 4.60. The summed E-state index contributed by atoms with van der Waals surface area (Å²) in [5, 5.41) is 27.4. The second-order valence-corrected chi connectivity index (χ2v) is 7.77. The third-order valence-corrected chi connectivity index (χ3v) is 5.79. The van der Waals surface area contributed by atoms with Crippen LogP contribution in [0.1, 0.15) is 37.4 Å². The molecule has 0 spiro atoms. The molecule has 1 aromatic rings. The van der Waals surface area contributed by atoms with Gasteiger partial charge in [-0.2, -0.15) is 18.4 Å². The van der Waals surface area contributed by atoms with Crippen LogP contribution in [0.4, 0.5) is 13.2 Å². The Kier molecular flexibility index (Phi) is 7.15. The molecule has 1 heterocycles. The number of halogens is 4. The standard InChI is InChI=1S/C19H21BrF3N5O2/c1-10(19(21,22)23)5-6-27-11(2)15(17(29)30)16(28(9-25)18(27)26)13-4-3-12(8-24)7-14(13)20/h3-4,7,10,16,26H,5-6,9,25H2,1-2H3,(H,29,30). The van der Waals surface area contributed by atoms with Gasteiger partial charge in [-0.25, -0.2) is 4.79 Å². The molecule has 7 nitrogen and oxygen atoms in total. The van der Waals surface area contributed by atoms with E-state index < -0.39 is 24.1 Å². The zero-order valence-electron chi connectivity index (χ0n) is 16.3. The van der Waals surface area contributed by atoms with E-state index in [0.717, 1.165) is 6.92 Å². The lowest BCUT2D eigenvalue weighted by Gasteiger charge is -2.44. The molecule has 0 aliphatic carbocycles. The largest absolute Gasteiger partial charge is 0.478 e. The number of carbonyl (C=O) groups is 1. The van der Waals surface area contributed by atoms with Gasteiger partial charge in [0.05, 0.1) is 35.8 Å². The maximum Gasteiger partial charge on any atom is 0.391 e. The molecule has 0 fully saturated rings. The van der Waals surface area contributed by atoms with Crippen molar-refractivity contribution in [1.29, 1.82) is 10.7 Å². The summed E-state index contributed by atoms with van der Waals surface area (Å²) >= 11 is 3.34. The molecule has 30 heavy (non-hydrogen) atoms. The second-order valence-electron chi connectivity index (χ2n) is 6.91. The van der Waals surface area contributed by atoms with Gasteiger partial charge >= 0.3 is 12.1 Å². The first-order chi connectivity index (χ1) is 13.9. The molecule has 0 radical (unpaired) electrons. The van der Waals surface area contributed by atoms with Crippen LogP contribution < -0.4 is 5.73 Å². The number of benzene rings is 1. The third-order valence-electron chi connectivity index (χ3n) is 5.10. The minimum Gasteiger partial charge on any atom is -0.478 e. The van der Waals surface area contributed by atoms with Crippen molar-refractivity contribution in [2.24, 2.45) is 11.7 Å². The van der Waals surface area contributed by atoms with Crippen molar-refractivity contribution in [1.82, 2.24) is 9.80 Å². The highest BCUT2D eigenvalue weighted by Crippen LogP contribution is 2.40. The van der Waals surface area contributed by atoms with Gasteiger partial charge in [0, 0.05) is 16.7 Å². The Morgan fingerprint density at radius 1 is 1.47 bits per heavy atom. The SMILES string of the molecule is CC1=C(C(=O)O)C(c2ccc(C#N)cc2Br)N(CN)C(=N)N1CCC(C)C(F)(F)F. The number of guanidine groups is 1. The van der Waals surface area contributed by atoms with Gasteiger partial charge in [0.1, 0.15) is 0 Å². The summed E-state index contributed by atoms with van der Waals surface area (Å²) in [4.78, 5) is 14.7. The van der Waals surface area contributed by atoms with E-state index in [-0.39, 0.29) is 36.9 Å². The summed E-state index contributed by atoms with van der Waals surface area (Å²) in [7, 11) is 0. The van der Waals surface area contributed by atoms with Gasteiger partial charge < -0.3 is 20.6 Å². The number of carboxylic acids is 1. The molecule has 0 saturated carbocycles. The van der Waals surface area contributed by atoms with Crippen molar-refractivity contribution in [3.63, 3.8) is 0 Å². The molecule has 4 N–H and O–H groups in total. The lowest BCUT2D eigenvalue weighted by molar-refractivity contribution is -0.171. The molecule has 0 bridgehead atoms. The number of nitrogens with zero attached hydrogens (tertiary/aromatic N) is 3. The van der Waals surface area contributed by atoms with Crippen LogP contribution in [0.3, 0.4) is 0 Å². The molecule has 11 heteroatoms. The fraction of sp³-hybridized carbons (Fsp3) is 0.421. The number of alkyl halides is 3. The Morgan fingerprint density at radius 2 is 2.10 bits per heavy atom. The van der Waals surface area contributed by atoms with Gasteiger partial charge in [0.15, 0.2) is 5.96 Å². The van der Waals surface area contributed by atoms with Crippen molar-refractivity contribution >= 4 is 27.9 Å². The van der Waals surface area contributed by atoms with Gasteiger partial charge in [0.25, 0.3) is 0 Å². The van der Waals surface area contributed by atoms with E-state index in [1.807, 2.05) is 6.07 Å². The van der Waals surface area contributed by atoms with Crippen LogP contribution in [0.25, 0.3) is 0 Å². The van der Waals surface area contributed by atoms with E-state index in [9.17, 15) is 23.1 Å². The predicted molar refractivity (Wildman–Crippen MR) is 107 cm³/mol. The quantitative estimate of drug-likeness (QED) is 0.561. The number of nitrogens with two attached hydrogens (primary N) is 1. The maximum atomic E-state index is 12.9. The lowest BCUT2D eigenvalue weighted by Crippen LogP contribution is -2.53. The molecule has 2 unspecified atom stereocenters. The first kappa shape index (κ1) is 23.7. The smallest absolute Gasteiger partial charge is 0.391 e. The van der Waals surface area contributed by atoms with Crippen LogP contribution >= 0.6 is 15.9 Å². The van der Waals surface area contributed by atoms with Crippen LogP contribution in [0.15, 0.2) is 33.9 Å². The van der Waals surface area contributed by atoms with Gasteiger partial charge in [-0.3, -0.25) is 5.41 Å². The Morgan fingerprint density at radius 3 is 2.57 bits per heavy atom. The lowest BCUT2D eigenvalue weighted by atomic mass is 9.92. The number of nitriles is 1. The number of aliphatic carboxylic acids is 1. The Balaban J connectivity index is 2.54. The van der Waals surface area contributed by atoms with E-state index in [4.69, 9.17) is 16.4 Å². The number of allylic oxidation sites excluding steroid dienone is 1. The summed E-state index contributed by atoms with van der Waals surface area (Å²) in [6.07, 6.45) is -4.69. The Hall–Kier alpha value is -2.58. The van der Waals surface area contributed by atoms with Crippen LogP contribution in [0.5, 0.6) is 0 Å². The van der Waals surface area contributed by atoms with Crippen LogP contribution in [-0.4, -0.2) is 46.2 Å². The van der Waals surface area contributed by atoms with Crippen molar-refractivity contribution < 1.29 is 23.1 Å². The Labute approximate surface area is 180 Å². The molecule has 0 saturated heterocycles. The van der Waals surface area contributed by atoms with Crippen molar-refractivity contribution in [3.8, 4) is 6.07 Å². The molecular weight excluding hydrogens is 467 g/mol. The highest BCUT2D eigenvalue weighted by Gasteiger charge is 2.41. The van der Waals surface area contributed by atoms with E-state index in [1.54, 1.807) is 6.07 Å². The summed E-state index contributed by atoms with van der Waals surface area (Å²) in [6, 6.07) is 5.65. The molecule has 0 amide bonds. The van der Waals surface area contributed by atoms with Crippen LogP contribution in [0.2, 0.25) is 0 Å².